The summed E-state index contributed by atoms with van der Waals surface area (Å²) in [5, 5.41) is 15.4. The van der Waals surface area contributed by atoms with E-state index in [0.29, 0.717) is 21.2 Å². The van der Waals surface area contributed by atoms with Crippen LogP contribution in [0.4, 0.5) is 5.69 Å². The maximum atomic E-state index is 12.9. The van der Waals surface area contributed by atoms with Crippen LogP contribution in [0.1, 0.15) is 21.9 Å². The first kappa shape index (κ1) is 21.5. The molecular weight excluding hydrogens is 462 g/mol. The average molecular weight is 482 g/mol. The Bertz CT molecular complexity index is 1340. The Morgan fingerprint density at radius 1 is 1.09 bits per heavy atom. The predicted octanol–water partition coefficient (Wildman–Crippen LogP) is 2.44. The van der Waals surface area contributed by atoms with E-state index < -0.39 is 28.9 Å². The Kier molecular flexibility index (Phi) is 5.34. The number of amides is 3. The van der Waals surface area contributed by atoms with Gasteiger partial charge in [0.25, 0.3) is 0 Å². The maximum absolute atomic E-state index is 12.9. The van der Waals surface area contributed by atoms with E-state index in [1.54, 1.807) is 30.3 Å². The Morgan fingerprint density at radius 2 is 1.82 bits per heavy atom. The summed E-state index contributed by atoms with van der Waals surface area (Å²) in [6.45, 7) is 1.71. The highest BCUT2D eigenvalue weighted by Gasteiger charge is 2.53. The molecule has 1 fully saturated rings. The lowest BCUT2D eigenvalue weighted by atomic mass is 9.82. The van der Waals surface area contributed by atoms with Crippen molar-refractivity contribution in [2.24, 2.45) is 5.92 Å². The molecule has 3 N–H and O–H groups in total. The number of nitrogens with zero attached hydrogens (tertiary/aromatic N) is 1. The van der Waals surface area contributed by atoms with Crippen molar-refractivity contribution in [2.75, 3.05) is 5.32 Å². The summed E-state index contributed by atoms with van der Waals surface area (Å²) >= 11 is 2.06. The van der Waals surface area contributed by atoms with Crippen LogP contribution in [0.3, 0.4) is 0 Å². The maximum Gasteiger partial charge on any atom is 0.308 e. The molecule has 3 heterocycles. The van der Waals surface area contributed by atoms with Gasteiger partial charge in [-0.1, -0.05) is 59.0 Å². The molecule has 0 radical (unpaired) electrons. The van der Waals surface area contributed by atoms with Crippen LogP contribution >= 0.6 is 23.1 Å². The van der Waals surface area contributed by atoms with E-state index >= 15 is 0 Å². The van der Waals surface area contributed by atoms with E-state index in [9.17, 15) is 24.3 Å². The van der Waals surface area contributed by atoms with Crippen molar-refractivity contribution in [3.05, 3.63) is 74.2 Å². The highest BCUT2D eigenvalue weighted by molar-refractivity contribution is 8.00. The number of benzene rings is 2. The monoisotopic (exact) mass is 481 g/mol. The number of para-hydroxylation sites is 1. The molecule has 2 aliphatic heterocycles. The molecule has 2 aromatic carbocycles. The highest BCUT2D eigenvalue weighted by atomic mass is 32.2. The summed E-state index contributed by atoms with van der Waals surface area (Å²) in [5.74, 6) is -2.68. The minimum absolute atomic E-state index is 0.0178. The van der Waals surface area contributed by atoms with E-state index in [1.165, 1.54) is 10.6 Å². The number of imide groups is 1. The van der Waals surface area contributed by atoms with Crippen molar-refractivity contribution in [1.82, 2.24) is 9.88 Å². The number of anilines is 1. The van der Waals surface area contributed by atoms with Crippen molar-refractivity contribution >= 4 is 46.5 Å². The number of nitrogens with one attached hydrogen (secondary N) is 2. The molecule has 3 aromatic rings. The van der Waals surface area contributed by atoms with E-state index in [1.807, 2.05) is 19.1 Å². The van der Waals surface area contributed by atoms with Gasteiger partial charge in [-0.3, -0.25) is 29.1 Å². The van der Waals surface area contributed by atoms with Gasteiger partial charge in [0.15, 0.2) is 0 Å². The number of rotatable bonds is 4. The van der Waals surface area contributed by atoms with Crippen LogP contribution in [0, 0.1) is 12.8 Å². The van der Waals surface area contributed by atoms with Crippen molar-refractivity contribution in [3.8, 4) is 5.75 Å². The Labute approximate surface area is 196 Å². The zero-order chi connectivity index (χ0) is 23.3. The molecule has 1 aromatic heterocycles. The SMILES string of the molecule is Cc1ccc(NC(=O)Cn2c3c(sc2=O)[C@@H](c2ccccc2O)[C@H]2C(=O)NC(=O)[C@H]2S3)cc1. The smallest absolute Gasteiger partial charge is 0.308 e. The normalized spacial score (nSPS) is 21.3. The number of phenolic OH excluding ortho intramolecular Hbond substituents is 1. The van der Waals surface area contributed by atoms with Crippen LogP contribution in [0.15, 0.2) is 58.4 Å². The molecule has 0 saturated carbocycles. The summed E-state index contributed by atoms with van der Waals surface area (Å²) < 4.78 is 1.34. The van der Waals surface area contributed by atoms with Crippen LogP contribution in [0.2, 0.25) is 0 Å². The standard InChI is InChI=1S/C23H19N3O5S2/c1-11-6-8-12(9-7-11)24-15(28)10-26-22-19(33-23(26)31)16(13-4-2-3-5-14(13)27)17-18(32-22)21(30)25-20(17)29/h2-9,16-18,27H,10H2,1H3,(H,24,28)(H,25,29,30)/t16-,17+,18-/m0/s1. The third kappa shape index (κ3) is 3.75. The van der Waals surface area contributed by atoms with Crippen LogP contribution < -0.4 is 15.5 Å². The van der Waals surface area contributed by atoms with Gasteiger partial charge in [0.05, 0.1) is 10.9 Å². The minimum Gasteiger partial charge on any atom is -0.508 e. The van der Waals surface area contributed by atoms with Crippen LogP contribution in [-0.2, 0) is 20.9 Å². The van der Waals surface area contributed by atoms with Crippen LogP contribution in [0.5, 0.6) is 5.75 Å². The molecule has 1 saturated heterocycles. The summed E-state index contributed by atoms with van der Waals surface area (Å²) in [7, 11) is 0. The summed E-state index contributed by atoms with van der Waals surface area (Å²) in [5.41, 5.74) is 2.14. The number of carbonyl (C=O) groups excluding carboxylic acids is 3. The van der Waals surface area contributed by atoms with Gasteiger partial charge in [0.2, 0.25) is 17.7 Å². The second-order valence-corrected chi connectivity index (χ2v) is 10.1. The predicted molar refractivity (Wildman–Crippen MR) is 125 cm³/mol. The Balaban J connectivity index is 1.54. The first-order valence-corrected chi connectivity index (χ1v) is 11.9. The average Bonchev–Trinajstić information content (AvgIpc) is 3.24. The number of aromatic nitrogens is 1. The topological polar surface area (TPSA) is 118 Å². The summed E-state index contributed by atoms with van der Waals surface area (Å²) in [4.78, 5) is 51.0. The van der Waals surface area contributed by atoms with Crippen molar-refractivity contribution in [3.63, 3.8) is 0 Å². The number of fused-ring (bicyclic) bond motifs is 2. The van der Waals surface area contributed by atoms with Gasteiger partial charge in [-0.15, -0.1) is 0 Å². The second-order valence-electron chi connectivity index (χ2n) is 7.99. The number of hydrogen-bond acceptors (Lipinski definition) is 7. The zero-order valence-corrected chi connectivity index (χ0v) is 19.0. The highest BCUT2D eigenvalue weighted by Crippen LogP contribution is 2.52. The molecular formula is C23H19N3O5S2. The summed E-state index contributed by atoms with van der Waals surface area (Å²) in [6.07, 6.45) is 0. The molecule has 0 aliphatic carbocycles. The molecule has 8 nitrogen and oxygen atoms in total. The minimum atomic E-state index is -0.755. The van der Waals surface area contributed by atoms with E-state index in [4.69, 9.17) is 0 Å². The number of hydrogen-bond donors (Lipinski definition) is 3. The van der Waals surface area contributed by atoms with Crippen LogP contribution in [0.25, 0.3) is 0 Å². The summed E-state index contributed by atoms with van der Waals surface area (Å²) in [6, 6.07) is 13.9. The zero-order valence-electron chi connectivity index (χ0n) is 17.4. The second kappa shape index (κ2) is 8.20. The molecule has 168 valence electrons. The molecule has 0 unspecified atom stereocenters. The molecule has 0 spiro atoms. The lowest BCUT2D eigenvalue weighted by Crippen LogP contribution is -2.32. The molecule has 0 bridgehead atoms. The number of phenols is 1. The van der Waals surface area contributed by atoms with Gasteiger partial charge < -0.3 is 10.4 Å². The fraction of sp³-hybridized carbons (Fsp3) is 0.217. The first-order valence-electron chi connectivity index (χ1n) is 10.2. The molecule has 3 atom stereocenters. The first-order chi connectivity index (χ1) is 15.8. The van der Waals surface area contributed by atoms with Gasteiger partial charge in [-0.2, -0.15) is 0 Å². The van der Waals surface area contributed by atoms with Gasteiger partial charge in [0, 0.05) is 22.0 Å². The van der Waals surface area contributed by atoms with Crippen molar-refractivity contribution in [2.45, 2.75) is 29.7 Å². The molecule has 10 heteroatoms. The van der Waals surface area contributed by atoms with E-state index in [2.05, 4.69) is 10.6 Å². The fourth-order valence-electron chi connectivity index (χ4n) is 4.24. The molecule has 2 aliphatic rings. The van der Waals surface area contributed by atoms with Gasteiger partial charge in [0.1, 0.15) is 17.5 Å². The largest absolute Gasteiger partial charge is 0.508 e. The van der Waals surface area contributed by atoms with Crippen molar-refractivity contribution in [1.29, 1.82) is 0 Å². The van der Waals surface area contributed by atoms with Gasteiger partial charge in [-0.25, -0.2) is 0 Å². The number of thiazole rings is 1. The number of carbonyl (C=O) groups is 3. The fourth-order valence-corrected chi connectivity index (χ4v) is 6.97. The quantitative estimate of drug-likeness (QED) is 0.493. The molecule has 33 heavy (non-hydrogen) atoms. The van der Waals surface area contributed by atoms with E-state index in [0.717, 1.165) is 28.7 Å². The molecule has 5 rings (SSSR count). The van der Waals surface area contributed by atoms with Gasteiger partial charge in [-0.05, 0) is 25.1 Å². The Morgan fingerprint density at radius 3 is 2.55 bits per heavy atom. The lowest BCUT2D eigenvalue weighted by molar-refractivity contribution is -0.126. The molecule has 3 amide bonds. The third-order valence-electron chi connectivity index (χ3n) is 5.80. The van der Waals surface area contributed by atoms with E-state index in [-0.39, 0.29) is 23.1 Å². The number of aryl methyl sites for hydroxylation is 1. The van der Waals surface area contributed by atoms with Crippen molar-refractivity contribution < 1.29 is 19.5 Å². The van der Waals surface area contributed by atoms with Gasteiger partial charge >= 0.3 is 4.87 Å². The van der Waals surface area contributed by atoms with Crippen LogP contribution in [-0.4, -0.2) is 32.6 Å². The lowest BCUT2D eigenvalue weighted by Gasteiger charge is -2.31. The third-order valence-corrected chi connectivity index (χ3v) is 8.41. The Hall–Kier alpha value is -3.37. The number of thioether (sulfide) groups is 1. The number of aromatic hydroxyl groups is 1.